The van der Waals surface area contributed by atoms with Crippen LogP contribution in [-0.2, 0) is 0 Å². The van der Waals surface area contributed by atoms with Crippen LogP contribution in [0.5, 0.6) is 5.75 Å². The summed E-state index contributed by atoms with van der Waals surface area (Å²) in [4.78, 5) is 8.93. The highest BCUT2D eigenvalue weighted by atomic mass is 16.5. The van der Waals surface area contributed by atoms with Crippen molar-refractivity contribution in [2.45, 2.75) is 6.92 Å². The Bertz CT molecular complexity index is 866. The lowest BCUT2D eigenvalue weighted by Crippen LogP contribution is -1.97. The Hall–Kier alpha value is -3.19. The van der Waals surface area contributed by atoms with E-state index in [2.05, 4.69) is 16.0 Å². The van der Waals surface area contributed by atoms with Crippen molar-refractivity contribution < 1.29 is 4.74 Å². The maximum absolute atomic E-state index is 9.46. The number of aryl methyl sites for hydroxylation is 1. The highest BCUT2D eigenvalue weighted by Gasteiger charge is 2.13. The van der Waals surface area contributed by atoms with Crippen molar-refractivity contribution in [2.24, 2.45) is 0 Å². The average molecular weight is 301 g/mol. The van der Waals surface area contributed by atoms with Gasteiger partial charge in [-0.25, -0.2) is 0 Å². The van der Waals surface area contributed by atoms with E-state index < -0.39 is 0 Å². The molecule has 0 aliphatic rings. The molecule has 0 aliphatic heterocycles. The lowest BCUT2D eigenvalue weighted by molar-refractivity contribution is 0.415. The maximum atomic E-state index is 9.46. The summed E-state index contributed by atoms with van der Waals surface area (Å²) >= 11 is 0. The zero-order valence-electron chi connectivity index (χ0n) is 12.9. The van der Waals surface area contributed by atoms with Gasteiger partial charge < -0.3 is 4.74 Å². The van der Waals surface area contributed by atoms with Crippen LogP contribution in [0.4, 0.5) is 0 Å². The van der Waals surface area contributed by atoms with E-state index in [4.69, 9.17) is 4.74 Å². The highest BCUT2D eigenvalue weighted by molar-refractivity contribution is 5.74. The number of hydrogen-bond acceptors (Lipinski definition) is 4. The van der Waals surface area contributed by atoms with E-state index in [1.807, 2.05) is 55.5 Å². The van der Waals surface area contributed by atoms with Gasteiger partial charge in [-0.3, -0.25) is 9.97 Å². The van der Waals surface area contributed by atoms with Crippen molar-refractivity contribution in [3.63, 3.8) is 0 Å². The monoisotopic (exact) mass is 301 g/mol. The van der Waals surface area contributed by atoms with Gasteiger partial charge in [0.2, 0.25) is 0 Å². The Morgan fingerprint density at radius 3 is 2.43 bits per heavy atom. The number of nitrogens with zero attached hydrogens (tertiary/aromatic N) is 3. The van der Waals surface area contributed by atoms with Crippen molar-refractivity contribution >= 4 is 0 Å². The van der Waals surface area contributed by atoms with E-state index >= 15 is 0 Å². The largest absolute Gasteiger partial charge is 0.497 e. The molecule has 23 heavy (non-hydrogen) atoms. The van der Waals surface area contributed by atoms with Gasteiger partial charge in [0.25, 0.3) is 0 Å². The number of ether oxygens (including phenoxy) is 1. The molecule has 0 amide bonds. The van der Waals surface area contributed by atoms with Crippen LogP contribution in [0.2, 0.25) is 0 Å². The molecule has 3 aromatic rings. The van der Waals surface area contributed by atoms with Gasteiger partial charge in [-0.2, -0.15) is 5.26 Å². The van der Waals surface area contributed by atoms with Crippen LogP contribution in [0.3, 0.4) is 0 Å². The van der Waals surface area contributed by atoms with Crippen LogP contribution in [-0.4, -0.2) is 17.1 Å². The lowest BCUT2D eigenvalue weighted by Gasteiger charge is -2.10. The molecule has 0 N–H and O–H groups in total. The summed E-state index contributed by atoms with van der Waals surface area (Å²) < 4.78 is 5.18. The number of methoxy groups -OCH3 is 1. The second kappa shape index (κ2) is 6.29. The minimum absolute atomic E-state index is 0.556. The maximum Gasteiger partial charge on any atom is 0.118 e. The Labute approximate surface area is 135 Å². The molecular formula is C19H15N3O. The van der Waals surface area contributed by atoms with Gasteiger partial charge in [0.05, 0.1) is 29.8 Å². The fourth-order valence-corrected chi connectivity index (χ4v) is 2.45. The van der Waals surface area contributed by atoms with Crippen LogP contribution in [0, 0.1) is 18.3 Å². The van der Waals surface area contributed by atoms with Crippen molar-refractivity contribution in [1.82, 2.24) is 9.97 Å². The third-order valence-corrected chi connectivity index (χ3v) is 3.64. The summed E-state index contributed by atoms with van der Waals surface area (Å²) in [6.45, 7) is 1.85. The van der Waals surface area contributed by atoms with Crippen molar-refractivity contribution in [3.8, 4) is 34.3 Å². The molecule has 0 saturated heterocycles. The fourth-order valence-electron chi connectivity index (χ4n) is 2.45. The molecule has 4 heteroatoms. The number of rotatable bonds is 3. The van der Waals surface area contributed by atoms with Crippen molar-refractivity contribution in [1.29, 1.82) is 5.26 Å². The Morgan fingerprint density at radius 2 is 1.83 bits per heavy atom. The SMILES string of the molecule is COc1ccc(-c2cc(-c3ccccn3)c(C#N)c(C)n2)cc1. The first kappa shape index (κ1) is 14.7. The summed E-state index contributed by atoms with van der Waals surface area (Å²) in [5, 5.41) is 9.46. The molecule has 0 unspecified atom stereocenters. The standard InChI is InChI=1S/C19H15N3O/c1-13-17(12-20)16(18-5-3-4-10-21-18)11-19(22-13)14-6-8-15(23-2)9-7-14/h3-11H,1-2H3. The third kappa shape index (κ3) is 2.90. The molecule has 0 saturated carbocycles. The zero-order valence-corrected chi connectivity index (χ0v) is 12.9. The summed E-state index contributed by atoms with van der Waals surface area (Å²) in [6.07, 6.45) is 1.72. The first-order chi connectivity index (χ1) is 11.2. The first-order valence-corrected chi connectivity index (χ1v) is 7.20. The van der Waals surface area contributed by atoms with E-state index in [0.717, 1.165) is 28.3 Å². The van der Waals surface area contributed by atoms with Crippen molar-refractivity contribution in [3.05, 3.63) is 66.0 Å². The molecule has 112 valence electrons. The predicted molar refractivity (Wildman–Crippen MR) is 88.9 cm³/mol. The number of aromatic nitrogens is 2. The Balaban J connectivity index is 2.16. The van der Waals surface area contributed by atoms with Gasteiger partial charge in [-0.1, -0.05) is 6.07 Å². The van der Waals surface area contributed by atoms with Crippen LogP contribution >= 0.6 is 0 Å². The number of nitriles is 1. The predicted octanol–water partition coefficient (Wildman–Crippen LogP) is 4.00. The van der Waals surface area contributed by atoms with Crippen LogP contribution in [0.1, 0.15) is 11.3 Å². The zero-order chi connectivity index (χ0) is 16.2. The molecule has 0 atom stereocenters. The summed E-state index contributed by atoms with van der Waals surface area (Å²) in [6, 6.07) is 17.5. The molecule has 0 spiro atoms. The number of hydrogen-bond donors (Lipinski definition) is 0. The van der Waals surface area contributed by atoms with Gasteiger partial charge in [-0.15, -0.1) is 0 Å². The summed E-state index contributed by atoms with van der Waals surface area (Å²) in [7, 11) is 1.64. The summed E-state index contributed by atoms with van der Waals surface area (Å²) in [5.74, 6) is 0.795. The molecule has 2 aromatic heterocycles. The van der Waals surface area contributed by atoms with E-state index in [1.54, 1.807) is 13.3 Å². The molecule has 4 nitrogen and oxygen atoms in total. The minimum atomic E-state index is 0.556. The average Bonchev–Trinajstić information content (AvgIpc) is 2.62. The lowest BCUT2D eigenvalue weighted by atomic mass is 10.0. The van der Waals surface area contributed by atoms with Gasteiger partial charge in [-0.05, 0) is 49.4 Å². The van der Waals surface area contributed by atoms with E-state index in [-0.39, 0.29) is 0 Å². The molecule has 0 fully saturated rings. The molecule has 3 rings (SSSR count). The molecule has 1 aromatic carbocycles. The van der Waals surface area contributed by atoms with Gasteiger partial charge in [0, 0.05) is 17.3 Å². The van der Waals surface area contributed by atoms with E-state index in [9.17, 15) is 5.26 Å². The number of benzene rings is 1. The molecule has 2 heterocycles. The van der Waals surface area contributed by atoms with Gasteiger partial charge >= 0.3 is 0 Å². The molecule has 0 aliphatic carbocycles. The smallest absolute Gasteiger partial charge is 0.118 e. The van der Waals surface area contributed by atoms with E-state index in [0.29, 0.717) is 11.3 Å². The first-order valence-electron chi connectivity index (χ1n) is 7.20. The quantitative estimate of drug-likeness (QED) is 0.733. The summed E-state index contributed by atoms with van der Waals surface area (Å²) in [5.41, 5.74) is 4.60. The molecule has 0 radical (unpaired) electrons. The minimum Gasteiger partial charge on any atom is -0.497 e. The van der Waals surface area contributed by atoms with Gasteiger partial charge in [0.15, 0.2) is 0 Å². The van der Waals surface area contributed by atoms with Crippen molar-refractivity contribution in [2.75, 3.05) is 7.11 Å². The topological polar surface area (TPSA) is 58.8 Å². The van der Waals surface area contributed by atoms with Crippen LogP contribution in [0.25, 0.3) is 22.5 Å². The second-order valence-corrected chi connectivity index (χ2v) is 5.07. The van der Waals surface area contributed by atoms with Gasteiger partial charge in [0.1, 0.15) is 11.8 Å². The third-order valence-electron chi connectivity index (χ3n) is 3.64. The highest BCUT2D eigenvalue weighted by Crippen LogP contribution is 2.29. The second-order valence-electron chi connectivity index (χ2n) is 5.07. The van der Waals surface area contributed by atoms with Crippen LogP contribution in [0.15, 0.2) is 54.7 Å². The molecule has 0 bridgehead atoms. The normalized spacial score (nSPS) is 10.1. The fraction of sp³-hybridized carbons (Fsp3) is 0.105. The Morgan fingerprint density at radius 1 is 1.04 bits per heavy atom. The molecular weight excluding hydrogens is 286 g/mol. The Kier molecular flexibility index (Phi) is 4.03. The van der Waals surface area contributed by atoms with E-state index in [1.165, 1.54) is 0 Å². The van der Waals surface area contributed by atoms with Crippen LogP contribution < -0.4 is 4.74 Å². The number of pyridine rings is 2.